The zero-order valence-corrected chi connectivity index (χ0v) is 14.5. The Morgan fingerprint density at radius 2 is 1.90 bits per heavy atom. The van der Waals surface area contributed by atoms with E-state index in [9.17, 15) is 9.50 Å². The largest absolute Gasteiger partial charge is 0.391 e. The van der Waals surface area contributed by atoms with Gasteiger partial charge in [0.1, 0.15) is 5.82 Å². The van der Waals surface area contributed by atoms with Crippen molar-refractivity contribution in [3.63, 3.8) is 0 Å². The van der Waals surface area contributed by atoms with Gasteiger partial charge >= 0.3 is 0 Å². The van der Waals surface area contributed by atoms with E-state index in [0.717, 1.165) is 31.5 Å². The third-order valence-electron chi connectivity index (χ3n) is 4.90. The predicted molar refractivity (Wildman–Crippen MR) is 87.9 cm³/mol. The van der Waals surface area contributed by atoms with Crippen LogP contribution in [-0.2, 0) is 6.42 Å². The standard InChI is InChI=1S/C17H25BrFNO/c1-3-20(4-2)17(9-5-6-10-17)16(21)12-13-7-8-15(19)14(18)11-13/h7-8,11,16,21H,3-6,9-10,12H2,1-2H3. The molecule has 1 aliphatic carbocycles. The maximum atomic E-state index is 13.3. The molecule has 1 fully saturated rings. The molecule has 2 nitrogen and oxygen atoms in total. The van der Waals surface area contributed by atoms with Crippen LogP contribution < -0.4 is 0 Å². The molecule has 1 aliphatic rings. The number of nitrogens with zero attached hydrogens (tertiary/aromatic N) is 1. The summed E-state index contributed by atoms with van der Waals surface area (Å²) < 4.78 is 13.8. The van der Waals surface area contributed by atoms with Gasteiger partial charge in [0.15, 0.2) is 0 Å². The van der Waals surface area contributed by atoms with Crippen LogP contribution in [0.5, 0.6) is 0 Å². The number of hydrogen-bond donors (Lipinski definition) is 1. The molecule has 1 saturated carbocycles. The first-order chi connectivity index (χ1) is 10.0. The Labute approximate surface area is 135 Å². The molecular weight excluding hydrogens is 333 g/mol. The number of hydrogen-bond acceptors (Lipinski definition) is 2. The topological polar surface area (TPSA) is 23.5 Å². The summed E-state index contributed by atoms with van der Waals surface area (Å²) in [6.45, 7) is 6.23. The molecule has 0 heterocycles. The molecule has 0 aliphatic heterocycles. The molecule has 2 rings (SSSR count). The highest BCUT2D eigenvalue weighted by molar-refractivity contribution is 9.10. The van der Waals surface area contributed by atoms with E-state index in [2.05, 4.69) is 34.7 Å². The minimum atomic E-state index is -0.405. The molecule has 4 heteroatoms. The van der Waals surface area contributed by atoms with Gasteiger partial charge in [-0.05, 0) is 59.6 Å². The van der Waals surface area contributed by atoms with Gasteiger partial charge in [0.05, 0.1) is 10.6 Å². The highest BCUT2D eigenvalue weighted by Gasteiger charge is 2.44. The van der Waals surface area contributed by atoms with E-state index in [1.807, 2.05) is 0 Å². The van der Waals surface area contributed by atoms with Crippen molar-refractivity contribution in [2.24, 2.45) is 0 Å². The van der Waals surface area contributed by atoms with Gasteiger partial charge in [-0.3, -0.25) is 4.90 Å². The first-order valence-electron chi connectivity index (χ1n) is 7.90. The van der Waals surface area contributed by atoms with Crippen LogP contribution in [0.3, 0.4) is 0 Å². The summed E-state index contributed by atoms with van der Waals surface area (Å²) in [5, 5.41) is 10.9. The number of aliphatic hydroxyl groups excluding tert-OH is 1. The highest BCUT2D eigenvalue weighted by Crippen LogP contribution is 2.39. The minimum absolute atomic E-state index is 0.107. The molecule has 1 aromatic carbocycles. The average Bonchev–Trinajstić information content (AvgIpc) is 2.95. The van der Waals surface area contributed by atoms with Gasteiger partial charge in [-0.25, -0.2) is 4.39 Å². The third-order valence-corrected chi connectivity index (χ3v) is 5.50. The Balaban J connectivity index is 2.18. The van der Waals surface area contributed by atoms with Gasteiger partial charge in [-0.2, -0.15) is 0 Å². The normalized spacial score (nSPS) is 19.1. The van der Waals surface area contributed by atoms with Crippen molar-refractivity contribution in [2.75, 3.05) is 13.1 Å². The van der Waals surface area contributed by atoms with Gasteiger partial charge in [0.25, 0.3) is 0 Å². The van der Waals surface area contributed by atoms with Crippen LogP contribution in [0.2, 0.25) is 0 Å². The number of rotatable bonds is 6. The summed E-state index contributed by atoms with van der Waals surface area (Å²) in [4.78, 5) is 2.41. The second kappa shape index (κ2) is 7.21. The van der Waals surface area contributed by atoms with Gasteiger partial charge in [0, 0.05) is 12.0 Å². The lowest BCUT2D eigenvalue weighted by molar-refractivity contribution is -0.0244. The van der Waals surface area contributed by atoms with Crippen LogP contribution in [0.25, 0.3) is 0 Å². The fourth-order valence-corrected chi connectivity index (χ4v) is 4.21. The molecular formula is C17H25BrFNO. The van der Waals surface area contributed by atoms with Crippen LogP contribution in [0.4, 0.5) is 4.39 Å². The summed E-state index contributed by atoms with van der Waals surface area (Å²) in [6, 6.07) is 5.02. The first kappa shape index (κ1) is 16.9. The monoisotopic (exact) mass is 357 g/mol. The van der Waals surface area contributed by atoms with E-state index >= 15 is 0 Å². The molecule has 0 aromatic heterocycles. The lowest BCUT2D eigenvalue weighted by Gasteiger charge is -2.44. The van der Waals surface area contributed by atoms with E-state index in [4.69, 9.17) is 0 Å². The Kier molecular flexibility index (Phi) is 5.81. The lowest BCUT2D eigenvalue weighted by atomic mass is 9.84. The van der Waals surface area contributed by atoms with E-state index < -0.39 is 6.10 Å². The van der Waals surface area contributed by atoms with E-state index in [0.29, 0.717) is 10.9 Å². The molecule has 0 saturated heterocycles. The second-order valence-corrected chi connectivity index (χ2v) is 6.81. The van der Waals surface area contributed by atoms with Crippen molar-refractivity contribution in [2.45, 2.75) is 57.6 Å². The molecule has 1 aromatic rings. The maximum absolute atomic E-state index is 13.3. The minimum Gasteiger partial charge on any atom is -0.391 e. The van der Waals surface area contributed by atoms with Gasteiger partial charge in [-0.1, -0.05) is 32.8 Å². The number of likely N-dealkylation sites (N-methyl/N-ethyl adjacent to an activating group) is 1. The van der Waals surface area contributed by atoms with Crippen molar-refractivity contribution in [1.29, 1.82) is 0 Å². The molecule has 0 spiro atoms. The summed E-state index contributed by atoms with van der Waals surface area (Å²) in [5.41, 5.74) is 0.874. The Hall–Kier alpha value is -0.450. The van der Waals surface area contributed by atoms with Crippen LogP contribution >= 0.6 is 15.9 Å². The maximum Gasteiger partial charge on any atom is 0.137 e. The molecule has 0 amide bonds. The quantitative estimate of drug-likeness (QED) is 0.826. The Morgan fingerprint density at radius 3 is 2.43 bits per heavy atom. The predicted octanol–water partition coefficient (Wildman–Crippen LogP) is 4.15. The molecule has 1 unspecified atom stereocenters. The van der Waals surface area contributed by atoms with Crippen molar-refractivity contribution < 1.29 is 9.50 Å². The van der Waals surface area contributed by atoms with Crippen LogP contribution in [0.1, 0.15) is 45.1 Å². The number of halogens is 2. The summed E-state index contributed by atoms with van der Waals surface area (Å²) >= 11 is 3.22. The smallest absolute Gasteiger partial charge is 0.137 e. The summed E-state index contributed by atoms with van der Waals surface area (Å²) in [7, 11) is 0. The van der Waals surface area contributed by atoms with E-state index in [1.165, 1.54) is 18.9 Å². The zero-order chi connectivity index (χ0) is 15.5. The van der Waals surface area contributed by atoms with Crippen molar-refractivity contribution in [3.05, 3.63) is 34.1 Å². The van der Waals surface area contributed by atoms with Crippen molar-refractivity contribution in [1.82, 2.24) is 4.90 Å². The molecule has 1 N–H and O–H groups in total. The molecule has 1 atom stereocenters. The van der Waals surface area contributed by atoms with Crippen LogP contribution in [0, 0.1) is 5.82 Å². The van der Waals surface area contributed by atoms with Crippen LogP contribution in [0.15, 0.2) is 22.7 Å². The molecule has 21 heavy (non-hydrogen) atoms. The third kappa shape index (κ3) is 3.49. The molecule has 118 valence electrons. The number of aliphatic hydroxyl groups is 1. The fourth-order valence-electron chi connectivity index (χ4n) is 3.78. The lowest BCUT2D eigenvalue weighted by Crippen LogP contribution is -2.55. The molecule has 0 radical (unpaired) electrons. The average molecular weight is 358 g/mol. The summed E-state index contributed by atoms with van der Waals surface area (Å²) in [6.07, 6.45) is 4.64. The zero-order valence-electron chi connectivity index (χ0n) is 12.9. The van der Waals surface area contributed by atoms with Crippen molar-refractivity contribution in [3.8, 4) is 0 Å². The Bertz CT molecular complexity index is 470. The van der Waals surface area contributed by atoms with Crippen molar-refractivity contribution >= 4 is 15.9 Å². The van der Waals surface area contributed by atoms with Gasteiger partial charge in [0.2, 0.25) is 0 Å². The SMILES string of the molecule is CCN(CC)C1(C(O)Cc2ccc(F)c(Br)c2)CCCC1. The van der Waals surface area contributed by atoms with E-state index in [-0.39, 0.29) is 11.4 Å². The van der Waals surface area contributed by atoms with Gasteiger partial charge in [-0.15, -0.1) is 0 Å². The second-order valence-electron chi connectivity index (χ2n) is 5.95. The summed E-state index contributed by atoms with van der Waals surface area (Å²) in [5.74, 6) is -0.257. The Morgan fingerprint density at radius 1 is 1.29 bits per heavy atom. The highest BCUT2D eigenvalue weighted by atomic mass is 79.9. The number of benzene rings is 1. The molecule has 0 bridgehead atoms. The van der Waals surface area contributed by atoms with Gasteiger partial charge < -0.3 is 5.11 Å². The van der Waals surface area contributed by atoms with Crippen LogP contribution in [-0.4, -0.2) is 34.7 Å². The fraction of sp³-hybridized carbons (Fsp3) is 0.647. The van der Waals surface area contributed by atoms with E-state index in [1.54, 1.807) is 12.1 Å². The first-order valence-corrected chi connectivity index (χ1v) is 8.70.